The molecule has 0 aromatic heterocycles. The van der Waals surface area contributed by atoms with E-state index in [-0.39, 0.29) is 0 Å². The molecule has 96 valence electrons. The first kappa shape index (κ1) is 17.4. The molecule has 1 aliphatic heterocycles. The standard InChI is InChI=1S/C11H16Se6/c1-2-4-6-8-10-12-14-16-17-15-13-11-9-7-5-3-1/h1-2,4,6,8,10H,3,5,7,9,11H2/b2-1+,6-4+,10-8-. The summed E-state index contributed by atoms with van der Waals surface area (Å²) in [6.07, 6.45) is 16.8. The van der Waals surface area contributed by atoms with E-state index in [0.717, 1.165) is 71.5 Å². The molecule has 0 bridgehead atoms. The first-order valence-electron chi connectivity index (χ1n) is 5.43. The third-order valence-electron chi connectivity index (χ3n) is 1.87. The fourth-order valence-electron chi connectivity index (χ4n) is 1.10. The molecule has 0 spiro atoms. The van der Waals surface area contributed by atoms with Gasteiger partial charge in [-0.1, -0.05) is 0 Å². The molecule has 0 aromatic rings. The molecule has 0 aliphatic carbocycles. The molecule has 1 aliphatic rings. The SMILES string of the molecule is C1=C\[Se][Se][Se][Se][Se][Se]CCCCC/C=C/C=C/1. The second-order valence-corrected chi connectivity index (χ2v) is 48.1. The van der Waals surface area contributed by atoms with Crippen LogP contribution in [0.25, 0.3) is 0 Å². The third-order valence-corrected chi connectivity index (χ3v) is 79.3. The molecule has 17 heavy (non-hydrogen) atoms. The number of hydrogen-bond donors (Lipinski definition) is 0. The first-order chi connectivity index (χ1) is 8.50. The molecule has 0 N–H and O–H groups in total. The molecule has 0 saturated heterocycles. The molecular formula is C11H16Se6. The van der Waals surface area contributed by atoms with Gasteiger partial charge in [-0.15, -0.1) is 0 Å². The second kappa shape index (κ2) is 14.7. The molecule has 6 heteroatoms. The molecule has 1 rings (SSSR count). The van der Waals surface area contributed by atoms with Gasteiger partial charge in [0.2, 0.25) is 0 Å². The zero-order valence-electron chi connectivity index (χ0n) is 9.45. The van der Waals surface area contributed by atoms with Crippen LogP contribution in [-0.4, -0.2) is 71.5 Å². The van der Waals surface area contributed by atoms with Gasteiger partial charge in [-0.05, 0) is 0 Å². The van der Waals surface area contributed by atoms with E-state index in [4.69, 9.17) is 0 Å². The molecule has 1 heterocycles. The van der Waals surface area contributed by atoms with Crippen molar-refractivity contribution in [3.05, 3.63) is 35.4 Å². The Balaban J connectivity index is 2.22. The predicted molar refractivity (Wildman–Crippen MR) is 85.2 cm³/mol. The Morgan fingerprint density at radius 1 is 0.706 bits per heavy atom. The van der Waals surface area contributed by atoms with Crippen LogP contribution >= 0.6 is 0 Å². The van der Waals surface area contributed by atoms with Gasteiger partial charge in [-0.25, -0.2) is 0 Å². The van der Waals surface area contributed by atoms with Crippen LogP contribution in [0.15, 0.2) is 35.4 Å². The van der Waals surface area contributed by atoms with Gasteiger partial charge in [0, 0.05) is 0 Å². The second-order valence-electron chi connectivity index (χ2n) is 3.18. The van der Waals surface area contributed by atoms with Crippen LogP contribution in [0.3, 0.4) is 0 Å². The van der Waals surface area contributed by atoms with Crippen LogP contribution in [0, 0.1) is 0 Å². The van der Waals surface area contributed by atoms with Crippen molar-refractivity contribution in [1.82, 2.24) is 0 Å². The van der Waals surface area contributed by atoms with Gasteiger partial charge < -0.3 is 0 Å². The van der Waals surface area contributed by atoms with E-state index in [0.29, 0.717) is 0 Å². The summed E-state index contributed by atoms with van der Waals surface area (Å²) in [5, 5.41) is 1.58. The summed E-state index contributed by atoms with van der Waals surface area (Å²) in [5.41, 5.74) is 0. The summed E-state index contributed by atoms with van der Waals surface area (Å²) in [6, 6.07) is 0. The summed E-state index contributed by atoms with van der Waals surface area (Å²) in [4.78, 5) is 2.42. The minimum absolute atomic E-state index is 0.847. The van der Waals surface area contributed by atoms with E-state index in [1.165, 1.54) is 25.7 Å². The topological polar surface area (TPSA) is 0 Å². The summed E-state index contributed by atoms with van der Waals surface area (Å²) in [7, 11) is 0. The summed E-state index contributed by atoms with van der Waals surface area (Å²) >= 11 is 6.23. The maximum absolute atomic E-state index is 2.42. The molecule has 0 nitrogen and oxygen atoms in total. The van der Waals surface area contributed by atoms with Crippen LogP contribution in [-0.2, 0) is 0 Å². The van der Waals surface area contributed by atoms with Crippen LogP contribution in [0.2, 0.25) is 5.32 Å². The van der Waals surface area contributed by atoms with E-state index in [9.17, 15) is 0 Å². The molecule has 0 atom stereocenters. The van der Waals surface area contributed by atoms with Gasteiger partial charge in [0.1, 0.15) is 0 Å². The van der Waals surface area contributed by atoms with Crippen LogP contribution in [0.4, 0.5) is 0 Å². The van der Waals surface area contributed by atoms with Gasteiger partial charge in [-0.3, -0.25) is 0 Å². The zero-order valence-corrected chi connectivity index (χ0v) is 19.7. The molecule has 0 aromatic carbocycles. The average Bonchev–Trinajstić information content (AvgIpc) is 2.35. The Labute approximate surface area is 136 Å². The molecule has 0 fully saturated rings. The van der Waals surface area contributed by atoms with Crippen molar-refractivity contribution >= 4 is 71.5 Å². The normalized spacial score (nSPS) is 26.8. The number of rotatable bonds is 0. The summed E-state index contributed by atoms with van der Waals surface area (Å²) in [6.45, 7) is 0. The molecule has 0 saturated carbocycles. The van der Waals surface area contributed by atoms with E-state index in [1.54, 1.807) is 5.32 Å². The van der Waals surface area contributed by atoms with Gasteiger partial charge in [0.15, 0.2) is 0 Å². The minimum atomic E-state index is 0.847. The van der Waals surface area contributed by atoms with Crippen molar-refractivity contribution in [3.8, 4) is 0 Å². The quantitative estimate of drug-likeness (QED) is 0.359. The van der Waals surface area contributed by atoms with Crippen molar-refractivity contribution in [3.63, 3.8) is 0 Å². The zero-order chi connectivity index (χ0) is 12.0. The van der Waals surface area contributed by atoms with Crippen molar-refractivity contribution in [1.29, 1.82) is 0 Å². The van der Waals surface area contributed by atoms with E-state index in [1.807, 2.05) is 0 Å². The molecule has 0 radical (unpaired) electrons. The summed E-state index contributed by atoms with van der Waals surface area (Å²) < 4.78 is 0. The van der Waals surface area contributed by atoms with Crippen molar-refractivity contribution < 1.29 is 0 Å². The molecule has 0 unspecified atom stereocenters. The Kier molecular flexibility index (Phi) is 15.1. The fraction of sp³-hybridized carbons (Fsp3) is 0.455. The Bertz CT molecular complexity index is 224. The molecule has 0 amide bonds. The van der Waals surface area contributed by atoms with Gasteiger partial charge >= 0.3 is 138 Å². The van der Waals surface area contributed by atoms with Gasteiger partial charge in [-0.2, -0.15) is 0 Å². The number of hydrogen-bond acceptors (Lipinski definition) is 0. The third kappa shape index (κ3) is 13.1. The van der Waals surface area contributed by atoms with Crippen LogP contribution in [0.5, 0.6) is 0 Å². The van der Waals surface area contributed by atoms with Gasteiger partial charge in [0.05, 0.1) is 0 Å². The van der Waals surface area contributed by atoms with Crippen LogP contribution in [0.1, 0.15) is 25.7 Å². The summed E-state index contributed by atoms with van der Waals surface area (Å²) in [5.74, 6) is 0. The maximum atomic E-state index is 2.42. The fourth-order valence-corrected chi connectivity index (χ4v) is 124. The van der Waals surface area contributed by atoms with E-state index in [2.05, 4.69) is 35.4 Å². The Morgan fingerprint density at radius 3 is 2.59 bits per heavy atom. The monoisotopic (exact) mass is 628 g/mol. The van der Waals surface area contributed by atoms with E-state index < -0.39 is 0 Å². The van der Waals surface area contributed by atoms with Crippen molar-refractivity contribution in [2.75, 3.05) is 0 Å². The number of allylic oxidation sites excluding steroid dienone is 5. The average molecular weight is 622 g/mol. The van der Waals surface area contributed by atoms with Crippen molar-refractivity contribution in [2.45, 2.75) is 31.0 Å². The predicted octanol–water partition coefficient (Wildman–Crippen LogP) is 1.40. The van der Waals surface area contributed by atoms with Crippen LogP contribution < -0.4 is 0 Å². The van der Waals surface area contributed by atoms with Crippen molar-refractivity contribution in [2.24, 2.45) is 0 Å². The van der Waals surface area contributed by atoms with Gasteiger partial charge in [0.25, 0.3) is 0 Å². The van der Waals surface area contributed by atoms with E-state index >= 15 is 0 Å². The Morgan fingerprint density at radius 2 is 1.59 bits per heavy atom. The Hall–Kier alpha value is 2.34. The molecular weight excluding hydrogens is 606 g/mol. The first-order valence-corrected chi connectivity index (χ1v) is 29.3.